The van der Waals surface area contributed by atoms with E-state index in [0.717, 1.165) is 30.0 Å². The number of hydrogen-bond donors (Lipinski definition) is 0. The summed E-state index contributed by atoms with van der Waals surface area (Å²) in [5, 5.41) is 0. The van der Waals surface area contributed by atoms with Crippen molar-refractivity contribution in [1.82, 2.24) is 0 Å². The van der Waals surface area contributed by atoms with Crippen molar-refractivity contribution < 1.29 is 9.47 Å². The van der Waals surface area contributed by atoms with Crippen LogP contribution >= 0.6 is 0 Å². The fourth-order valence-corrected chi connectivity index (χ4v) is 2.00. The molecular weight excluding hydrogens is 238 g/mol. The average molecular weight is 253 g/mol. The van der Waals surface area contributed by atoms with Crippen molar-refractivity contribution in [3.05, 3.63) is 59.7 Å². The van der Waals surface area contributed by atoms with Crippen LogP contribution in [0.5, 0.6) is 11.5 Å². The lowest BCUT2D eigenvalue weighted by molar-refractivity contribution is 0.174. The minimum Gasteiger partial charge on any atom is -0.454 e. The Kier molecular flexibility index (Phi) is 3.45. The molecule has 96 valence electrons. The second kappa shape index (κ2) is 5.57. The first-order valence-electron chi connectivity index (χ1n) is 6.35. The molecule has 3 heteroatoms. The maximum Gasteiger partial charge on any atom is 0.231 e. The lowest BCUT2D eigenvalue weighted by Crippen LogP contribution is -1.93. The largest absolute Gasteiger partial charge is 0.454 e. The molecule has 19 heavy (non-hydrogen) atoms. The van der Waals surface area contributed by atoms with Gasteiger partial charge in [-0.15, -0.1) is 0 Å². The van der Waals surface area contributed by atoms with Crippen LogP contribution in [0.1, 0.15) is 11.1 Å². The number of nitrogens with zero attached hydrogens (tertiary/aromatic N) is 1. The summed E-state index contributed by atoms with van der Waals surface area (Å²) in [5.41, 5.74) is 2.35. The van der Waals surface area contributed by atoms with Gasteiger partial charge in [0.25, 0.3) is 0 Å². The first-order chi connectivity index (χ1) is 9.42. The third-order valence-electron chi connectivity index (χ3n) is 3.01. The predicted octanol–water partition coefficient (Wildman–Crippen LogP) is 3.08. The lowest BCUT2D eigenvalue weighted by Gasteiger charge is -1.98. The van der Waals surface area contributed by atoms with Gasteiger partial charge in [-0.25, -0.2) is 0 Å². The Balaban J connectivity index is 1.58. The van der Waals surface area contributed by atoms with E-state index in [1.54, 1.807) is 0 Å². The van der Waals surface area contributed by atoms with Gasteiger partial charge in [-0.1, -0.05) is 30.3 Å². The van der Waals surface area contributed by atoms with Crippen molar-refractivity contribution >= 4 is 6.21 Å². The molecule has 2 aromatic rings. The Morgan fingerprint density at radius 3 is 2.74 bits per heavy atom. The van der Waals surface area contributed by atoms with Crippen LogP contribution in [-0.4, -0.2) is 19.6 Å². The number of hydrogen-bond acceptors (Lipinski definition) is 3. The topological polar surface area (TPSA) is 30.8 Å². The highest BCUT2D eigenvalue weighted by atomic mass is 16.7. The SMILES string of the molecule is C(=NCCc1ccccc1)c1ccc2c(c1)OCO2. The van der Waals surface area contributed by atoms with Crippen LogP contribution < -0.4 is 9.47 Å². The van der Waals surface area contributed by atoms with Crippen molar-refractivity contribution in [2.75, 3.05) is 13.3 Å². The molecule has 0 atom stereocenters. The summed E-state index contributed by atoms with van der Waals surface area (Å²) in [5.74, 6) is 1.61. The van der Waals surface area contributed by atoms with Crippen LogP contribution in [0.3, 0.4) is 0 Å². The van der Waals surface area contributed by atoms with E-state index in [9.17, 15) is 0 Å². The van der Waals surface area contributed by atoms with Gasteiger partial charge in [0.05, 0.1) is 0 Å². The fourth-order valence-electron chi connectivity index (χ4n) is 2.00. The summed E-state index contributed by atoms with van der Waals surface area (Å²) in [4.78, 5) is 4.44. The van der Waals surface area contributed by atoms with Gasteiger partial charge in [0.2, 0.25) is 6.79 Å². The highest BCUT2D eigenvalue weighted by Crippen LogP contribution is 2.31. The van der Waals surface area contributed by atoms with Crippen molar-refractivity contribution in [2.24, 2.45) is 4.99 Å². The molecule has 1 aliphatic rings. The van der Waals surface area contributed by atoms with Gasteiger partial charge >= 0.3 is 0 Å². The maximum absolute atomic E-state index is 5.33. The zero-order valence-corrected chi connectivity index (χ0v) is 10.6. The molecule has 0 spiro atoms. The van der Waals surface area contributed by atoms with Crippen LogP contribution in [0.2, 0.25) is 0 Å². The number of ether oxygens (including phenoxy) is 2. The van der Waals surface area contributed by atoms with E-state index in [2.05, 4.69) is 29.3 Å². The fraction of sp³-hybridized carbons (Fsp3) is 0.188. The number of aliphatic imine (C=N–C) groups is 1. The van der Waals surface area contributed by atoms with Gasteiger partial charge in [0.15, 0.2) is 11.5 Å². The monoisotopic (exact) mass is 253 g/mol. The van der Waals surface area contributed by atoms with E-state index in [0.29, 0.717) is 6.79 Å². The highest BCUT2D eigenvalue weighted by molar-refractivity contribution is 5.81. The summed E-state index contributed by atoms with van der Waals surface area (Å²) < 4.78 is 10.6. The molecule has 3 nitrogen and oxygen atoms in total. The summed E-state index contributed by atoms with van der Waals surface area (Å²) >= 11 is 0. The van der Waals surface area contributed by atoms with Crippen LogP contribution in [0, 0.1) is 0 Å². The molecule has 0 amide bonds. The summed E-state index contributed by atoms with van der Waals surface area (Å²) in [6.07, 6.45) is 2.84. The molecule has 0 unspecified atom stereocenters. The Morgan fingerprint density at radius 2 is 1.84 bits per heavy atom. The number of benzene rings is 2. The zero-order valence-electron chi connectivity index (χ0n) is 10.6. The second-order valence-electron chi connectivity index (χ2n) is 4.38. The highest BCUT2D eigenvalue weighted by Gasteiger charge is 2.12. The molecule has 0 fully saturated rings. The van der Waals surface area contributed by atoms with Crippen LogP contribution in [-0.2, 0) is 6.42 Å². The van der Waals surface area contributed by atoms with E-state index in [4.69, 9.17) is 9.47 Å². The van der Waals surface area contributed by atoms with Crippen LogP contribution in [0.4, 0.5) is 0 Å². The van der Waals surface area contributed by atoms with E-state index < -0.39 is 0 Å². The molecule has 0 aliphatic carbocycles. The quantitative estimate of drug-likeness (QED) is 0.784. The number of rotatable bonds is 4. The molecule has 0 aromatic heterocycles. The van der Waals surface area contributed by atoms with Crippen molar-refractivity contribution in [3.63, 3.8) is 0 Å². The van der Waals surface area contributed by atoms with Gasteiger partial charge in [0.1, 0.15) is 0 Å². The van der Waals surface area contributed by atoms with Gasteiger partial charge in [-0.3, -0.25) is 4.99 Å². The van der Waals surface area contributed by atoms with E-state index >= 15 is 0 Å². The Morgan fingerprint density at radius 1 is 1.00 bits per heavy atom. The second-order valence-corrected chi connectivity index (χ2v) is 4.38. The molecule has 0 radical (unpaired) electrons. The summed E-state index contributed by atoms with van der Waals surface area (Å²) in [7, 11) is 0. The molecule has 0 bridgehead atoms. The van der Waals surface area contributed by atoms with Crippen LogP contribution in [0.15, 0.2) is 53.5 Å². The lowest BCUT2D eigenvalue weighted by atomic mass is 10.1. The molecule has 1 aliphatic heterocycles. The normalized spacial score (nSPS) is 13.1. The van der Waals surface area contributed by atoms with Gasteiger partial charge in [-0.05, 0) is 35.7 Å². The standard InChI is InChI=1S/C16H15NO2/c1-2-4-13(5-3-1)8-9-17-11-14-6-7-15-16(10-14)19-12-18-15/h1-7,10-11H,8-9,12H2. The first-order valence-corrected chi connectivity index (χ1v) is 6.35. The van der Waals surface area contributed by atoms with Crippen molar-refractivity contribution in [1.29, 1.82) is 0 Å². The van der Waals surface area contributed by atoms with E-state index in [-0.39, 0.29) is 0 Å². The van der Waals surface area contributed by atoms with Gasteiger partial charge in [0, 0.05) is 12.8 Å². The predicted molar refractivity (Wildman–Crippen MR) is 75.2 cm³/mol. The molecule has 1 heterocycles. The zero-order chi connectivity index (χ0) is 12.9. The first kappa shape index (κ1) is 11.8. The third kappa shape index (κ3) is 2.94. The van der Waals surface area contributed by atoms with Crippen LogP contribution in [0.25, 0.3) is 0 Å². The molecule has 2 aromatic carbocycles. The minimum atomic E-state index is 0.309. The summed E-state index contributed by atoms with van der Waals surface area (Å²) in [6.45, 7) is 1.10. The van der Waals surface area contributed by atoms with E-state index in [1.165, 1.54) is 5.56 Å². The van der Waals surface area contributed by atoms with Gasteiger partial charge in [-0.2, -0.15) is 0 Å². The molecule has 0 N–H and O–H groups in total. The average Bonchev–Trinajstić information content (AvgIpc) is 2.92. The molecule has 3 rings (SSSR count). The Hall–Kier alpha value is -2.29. The molecule has 0 saturated heterocycles. The maximum atomic E-state index is 5.33. The molecular formula is C16H15NO2. The van der Waals surface area contributed by atoms with E-state index in [1.807, 2.05) is 30.5 Å². The Bertz CT molecular complexity index is 579. The molecule has 0 saturated carbocycles. The summed E-state index contributed by atoms with van der Waals surface area (Å²) in [6, 6.07) is 16.2. The minimum absolute atomic E-state index is 0.309. The number of fused-ring (bicyclic) bond motifs is 1. The van der Waals surface area contributed by atoms with Crippen molar-refractivity contribution in [2.45, 2.75) is 6.42 Å². The Labute approximate surface area is 112 Å². The van der Waals surface area contributed by atoms with Crippen molar-refractivity contribution in [3.8, 4) is 11.5 Å². The third-order valence-corrected chi connectivity index (χ3v) is 3.01. The smallest absolute Gasteiger partial charge is 0.231 e. The van der Waals surface area contributed by atoms with Gasteiger partial charge < -0.3 is 9.47 Å².